The van der Waals surface area contributed by atoms with Gasteiger partial charge in [0.2, 0.25) is 5.91 Å². The number of benzene rings is 1. The molecule has 0 fully saturated rings. The number of nitrogens with zero attached hydrogens (tertiary/aromatic N) is 2. The van der Waals surface area contributed by atoms with Crippen LogP contribution in [0.1, 0.15) is 44.5 Å². The van der Waals surface area contributed by atoms with E-state index < -0.39 is 29.5 Å². The molecular weight excluding hydrogens is 466 g/mol. The van der Waals surface area contributed by atoms with E-state index in [4.69, 9.17) is 9.47 Å². The van der Waals surface area contributed by atoms with Crippen molar-refractivity contribution >= 4 is 41.1 Å². The average Bonchev–Trinajstić information content (AvgIpc) is 2.82. The van der Waals surface area contributed by atoms with E-state index in [-0.39, 0.29) is 31.7 Å². The number of alkyl carbamates (subject to hydrolysis) is 1. The van der Waals surface area contributed by atoms with Crippen molar-refractivity contribution in [2.75, 3.05) is 42.3 Å². The molecule has 0 atom stereocenters. The lowest BCUT2D eigenvalue weighted by atomic mass is 10.1. The first-order valence-corrected chi connectivity index (χ1v) is 11.5. The van der Waals surface area contributed by atoms with Crippen LogP contribution in [-0.2, 0) is 19.1 Å². The van der Waals surface area contributed by atoms with E-state index in [9.17, 15) is 19.2 Å². The summed E-state index contributed by atoms with van der Waals surface area (Å²) in [5.41, 5.74) is 0.471. The third-order valence-corrected chi connectivity index (χ3v) is 4.62. The van der Waals surface area contributed by atoms with E-state index in [2.05, 4.69) is 20.9 Å². The standard InChI is InChI=1S/C25H33N5O6/c1-6-35-22(32)12-14-30(20-9-7-8-13-27-20)23(33)17-10-11-18(26-5)19(15-17)29-21(31)16-28-24(34)36-25(2,3)4/h7-11,13,15,26H,6,12,14,16H2,1-5H3,(H,28,34)(H,29,31). The summed E-state index contributed by atoms with van der Waals surface area (Å²) >= 11 is 0. The maximum absolute atomic E-state index is 13.4. The van der Waals surface area contributed by atoms with Gasteiger partial charge in [0.1, 0.15) is 18.0 Å². The van der Waals surface area contributed by atoms with Gasteiger partial charge in [-0.15, -0.1) is 0 Å². The molecule has 2 rings (SSSR count). The van der Waals surface area contributed by atoms with E-state index in [0.717, 1.165) is 0 Å². The highest BCUT2D eigenvalue weighted by Crippen LogP contribution is 2.25. The van der Waals surface area contributed by atoms with Gasteiger partial charge in [0, 0.05) is 25.4 Å². The number of hydrogen-bond acceptors (Lipinski definition) is 8. The van der Waals surface area contributed by atoms with Crippen LogP contribution < -0.4 is 20.9 Å². The molecule has 0 saturated carbocycles. The predicted octanol–water partition coefficient (Wildman–Crippen LogP) is 3.19. The zero-order valence-electron chi connectivity index (χ0n) is 21.2. The van der Waals surface area contributed by atoms with Crippen LogP contribution >= 0.6 is 0 Å². The second-order valence-corrected chi connectivity index (χ2v) is 8.61. The molecule has 2 aromatic rings. The van der Waals surface area contributed by atoms with E-state index in [1.807, 2.05) is 0 Å². The fourth-order valence-electron chi connectivity index (χ4n) is 3.09. The highest BCUT2D eigenvalue weighted by molar-refractivity contribution is 6.08. The minimum atomic E-state index is -0.719. The molecule has 3 N–H and O–H groups in total. The fourth-order valence-corrected chi connectivity index (χ4v) is 3.09. The van der Waals surface area contributed by atoms with Gasteiger partial charge in [-0.05, 0) is 58.0 Å². The first kappa shape index (κ1) is 28.1. The molecule has 0 radical (unpaired) electrons. The average molecular weight is 500 g/mol. The van der Waals surface area contributed by atoms with Crippen molar-refractivity contribution in [1.29, 1.82) is 0 Å². The van der Waals surface area contributed by atoms with Crippen LogP contribution in [0.3, 0.4) is 0 Å². The van der Waals surface area contributed by atoms with Crippen LogP contribution in [0.5, 0.6) is 0 Å². The normalized spacial score (nSPS) is 10.7. The van der Waals surface area contributed by atoms with E-state index in [1.165, 1.54) is 11.0 Å². The monoisotopic (exact) mass is 499 g/mol. The van der Waals surface area contributed by atoms with Gasteiger partial charge in [-0.1, -0.05) is 6.07 Å². The zero-order chi connectivity index (χ0) is 26.7. The highest BCUT2D eigenvalue weighted by atomic mass is 16.6. The molecule has 36 heavy (non-hydrogen) atoms. The van der Waals surface area contributed by atoms with Crippen molar-refractivity contribution < 1.29 is 28.7 Å². The van der Waals surface area contributed by atoms with Crippen molar-refractivity contribution in [3.05, 3.63) is 48.2 Å². The quantitative estimate of drug-likeness (QED) is 0.424. The molecule has 0 aliphatic rings. The Morgan fingerprint density at radius 3 is 2.42 bits per heavy atom. The summed E-state index contributed by atoms with van der Waals surface area (Å²) in [5, 5.41) is 8.03. The number of amides is 3. The Morgan fingerprint density at radius 2 is 1.81 bits per heavy atom. The third kappa shape index (κ3) is 8.90. The lowest BCUT2D eigenvalue weighted by molar-refractivity contribution is -0.142. The summed E-state index contributed by atoms with van der Waals surface area (Å²) in [6.45, 7) is 6.84. The second kappa shape index (κ2) is 13.1. The summed E-state index contributed by atoms with van der Waals surface area (Å²) < 4.78 is 10.1. The molecule has 0 saturated heterocycles. The van der Waals surface area contributed by atoms with E-state index in [1.54, 1.807) is 71.3 Å². The number of pyridine rings is 1. The Kier molecular flexibility index (Phi) is 10.2. The Labute approximate surface area is 210 Å². The molecule has 11 heteroatoms. The molecule has 11 nitrogen and oxygen atoms in total. The van der Waals surface area contributed by atoms with E-state index >= 15 is 0 Å². The van der Waals surface area contributed by atoms with Crippen molar-refractivity contribution in [2.24, 2.45) is 0 Å². The number of rotatable bonds is 10. The largest absolute Gasteiger partial charge is 0.466 e. The van der Waals surface area contributed by atoms with Crippen LogP contribution in [0, 0.1) is 0 Å². The van der Waals surface area contributed by atoms with Crippen molar-refractivity contribution in [2.45, 2.75) is 39.7 Å². The molecule has 1 aromatic heterocycles. The number of carbonyl (C=O) groups excluding carboxylic acids is 4. The van der Waals surface area contributed by atoms with Crippen LogP contribution in [0.25, 0.3) is 0 Å². The summed E-state index contributed by atoms with van der Waals surface area (Å²) in [6, 6.07) is 9.88. The second-order valence-electron chi connectivity index (χ2n) is 8.61. The van der Waals surface area contributed by atoms with Gasteiger partial charge in [-0.2, -0.15) is 0 Å². The van der Waals surface area contributed by atoms with Crippen molar-refractivity contribution in [3.63, 3.8) is 0 Å². The minimum absolute atomic E-state index is 0.00924. The molecule has 194 valence electrons. The van der Waals surface area contributed by atoms with E-state index in [0.29, 0.717) is 17.2 Å². The number of nitrogens with one attached hydrogen (secondary N) is 3. The Bertz CT molecular complexity index is 1070. The first-order valence-electron chi connectivity index (χ1n) is 11.5. The highest BCUT2D eigenvalue weighted by Gasteiger charge is 2.22. The Hall–Kier alpha value is -4.15. The number of hydrogen-bond donors (Lipinski definition) is 3. The van der Waals surface area contributed by atoms with Crippen LogP contribution in [0.4, 0.5) is 22.0 Å². The van der Waals surface area contributed by atoms with Gasteiger partial charge in [0.15, 0.2) is 0 Å². The van der Waals surface area contributed by atoms with Crippen LogP contribution in [0.2, 0.25) is 0 Å². The smallest absolute Gasteiger partial charge is 0.408 e. The third-order valence-electron chi connectivity index (χ3n) is 4.62. The van der Waals surface area contributed by atoms with Gasteiger partial charge in [-0.25, -0.2) is 9.78 Å². The van der Waals surface area contributed by atoms with Gasteiger partial charge in [0.25, 0.3) is 5.91 Å². The molecule has 0 spiro atoms. The molecule has 0 unspecified atom stereocenters. The number of anilines is 3. The van der Waals surface area contributed by atoms with Gasteiger partial charge in [-0.3, -0.25) is 19.3 Å². The Morgan fingerprint density at radius 1 is 1.06 bits per heavy atom. The number of carbonyl (C=O) groups is 4. The Balaban J connectivity index is 2.20. The summed E-state index contributed by atoms with van der Waals surface area (Å²) in [7, 11) is 1.67. The minimum Gasteiger partial charge on any atom is -0.466 e. The van der Waals surface area contributed by atoms with Crippen molar-refractivity contribution in [1.82, 2.24) is 10.3 Å². The fraction of sp³-hybridized carbons (Fsp3) is 0.400. The summed E-state index contributed by atoms with van der Waals surface area (Å²) in [6.07, 6.45) is 0.820. The molecule has 1 heterocycles. The van der Waals surface area contributed by atoms with Crippen molar-refractivity contribution in [3.8, 4) is 0 Å². The van der Waals surface area contributed by atoms with Gasteiger partial charge in [0.05, 0.1) is 24.4 Å². The molecule has 0 aliphatic carbocycles. The number of ether oxygens (including phenoxy) is 2. The molecule has 0 aliphatic heterocycles. The zero-order valence-corrected chi connectivity index (χ0v) is 21.2. The number of aromatic nitrogens is 1. The molecule has 1 aromatic carbocycles. The number of esters is 1. The van der Waals surface area contributed by atoms with Crippen LogP contribution in [-0.4, -0.2) is 61.2 Å². The lowest BCUT2D eigenvalue weighted by Crippen LogP contribution is -2.37. The molecule has 3 amide bonds. The lowest BCUT2D eigenvalue weighted by Gasteiger charge is -2.22. The van der Waals surface area contributed by atoms with Gasteiger partial charge >= 0.3 is 12.1 Å². The first-order chi connectivity index (χ1) is 17.0. The van der Waals surface area contributed by atoms with Gasteiger partial charge < -0.3 is 25.4 Å². The predicted molar refractivity (Wildman–Crippen MR) is 136 cm³/mol. The maximum atomic E-state index is 13.4. The SMILES string of the molecule is CCOC(=O)CCN(C(=O)c1ccc(NC)c(NC(=O)CNC(=O)OC(C)(C)C)c1)c1ccccn1. The summed E-state index contributed by atoms with van der Waals surface area (Å²) in [5.74, 6) is -0.979. The maximum Gasteiger partial charge on any atom is 0.408 e. The topological polar surface area (TPSA) is 139 Å². The van der Waals surface area contributed by atoms with Crippen LogP contribution in [0.15, 0.2) is 42.6 Å². The molecular formula is C25H33N5O6. The molecule has 0 bridgehead atoms. The summed E-state index contributed by atoms with van der Waals surface area (Å²) in [4.78, 5) is 55.2.